The van der Waals surface area contributed by atoms with Crippen LogP contribution in [0.3, 0.4) is 0 Å². The van der Waals surface area contributed by atoms with Gasteiger partial charge in [-0.1, -0.05) is 41.5 Å². The molecule has 0 saturated carbocycles. The van der Waals surface area contributed by atoms with Crippen LogP contribution < -0.4 is 0 Å². The molecule has 0 aliphatic carbocycles. The van der Waals surface area contributed by atoms with Crippen molar-refractivity contribution in [3.63, 3.8) is 0 Å². The average molecular weight is 264 g/mol. The summed E-state index contributed by atoms with van der Waals surface area (Å²) in [7, 11) is 0. The van der Waals surface area contributed by atoms with Gasteiger partial charge in [0.2, 0.25) is 0 Å². The largest absolute Gasteiger partial charge is 0.481 e. The zero-order valence-electron chi connectivity index (χ0n) is 11.8. The highest BCUT2D eigenvalue weighted by molar-refractivity contribution is 5.69. The van der Waals surface area contributed by atoms with E-state index in [4.69, 9.17) is 15.3 Å². The van der Waals surface area contributed by atoms with Gasteiger partial charge in [-0.25, -0.2) is 0 Å². The van der Waals surface area contributed by atoms with Gasteiger partial charge in [-0.15, -0.1) is 0 Å². The lowest BCUT2D eigenvalue weighted by Gasteiger charge is -1.89. The molecule has 0 spiro atoms. The molecule has 108 valence electrons. The lowest BCUT2D eigenvalue weighted by molar-refractivity contribution is -0.141. The van der Waals surface area contributed by atoms with E-state index in [-0.39, 0.29) is 17.8 Å². The summed E-state index contributed by atoms with van der Waals surface area (Å²) in [5.41, 5.74) is 0. The van der Waals surface area contributed by atoms with Gasteiger partial charge in [-0.3, -0.25) is 14.4 Å². The molecular weight excluding hydrogens is 240 g/mol. The van der Waals surface area contributed by atoms with E-state index in [9.17, 15) is 14.4 Å². The Labute approximate surface area is 108 Å². The van der Waals surface area contributed by atoms with Crippen LogP contribution in [0.4, 0.5) is 0 Å². The van der Waals surface area contributed by atoms with Crippen LogP contribution in [0.5, 0.6) is 0 Å². The molecule has 0 aromatic carbocycles. The Morgan fingerprint density at radius 3 is 0.611 bits per heavy atom. The highest BCUT2D eigenvalue weighted by atomic mass is 16.4. The number of hydrogen-bond donors (Lipinski definition) is 3. The Morgan fingerprint density at radius 2 is 0.611 bits per heavy atom. The first-order valence-electron chi connectivity index (χ1n) is 5.61. The van der Waals surface area contributed by atoms with Crippen molar-refractivity contribution in [3.05, 3.63) is 0 Å². The maximum Gasteiger partial charge on any atom is 0.305 e. The molecule has 0 aliphatic heterocycles. The monoisotopic (exact) mass is 264 g/mol. The van der Waals surface area contributed by atoms with Crippen molar-refractivity contribution in [2.45, 2.75) is 41.5 Å². The summed E-state index contributed by atoms with van der Waals surface area (Å²) in [5, 5.41) is 24.0. The van der Waals surface area contributed by atoms with Crippen LogP contribution in [-0.4, -0.2) is 33.2 Å². The third-order valence-electron chi connectivity index (χ3n) is 1.48. The Bertz CT molecular complexity index is 212. The number of rotatable bonds is 3. The molecule has 6 heteroatoms. The average Bonchev–Trinajstić information content (AvgIpc) is 2.18. The minimum absolute atomic E-state index is 0.231. The highest BCUT2D eigenvalue weighted by Gasteiger charge is 2.00. The van der Waals surface area contributed by atoms with E-state index in [0.29, 0.717) is 0 Å². The van der Waals surface area contributed by atoms with E-state index in [1.165, 1.54) is 0 Å². The van der Waals surface area contributed by atoms with Crippen molar-refractivity contribution >= 4 is 17.9 Å². The van der Waals surface area contributed by atoms with Crippen LogP contribution in [-0.2, 0) is 14.4 Å². The number of carbonyl (C=O) groups is 3. The van der Waals surface area contributed by atoms with Gasteiger partial charge in [0, 0.05) is 0 Å². The summed E-state index contributed by atoms with van der Waals surface area (Å²) in [5.74, 6) is -2.92. The van der Waals surface area contributed by atoms with Crippen molar-refractivity contribution in [3.8, 4) is 0 Å². The fraction of sp³-hybridized carbons (Fsp3) is 0.750. The number of carboxylic acids is 3. The molecule has 0 rings (SSSR count). The topological polar surface area (TPSA) is 112 Å². The van der Waals surface area contributed by atoms with E-state index in [2.05, 4.69) is 0 Å². The van der Waals surface area contributed by atoms with Gasteiger partial charge in [-0.05, 0) is 0 Å². The molecule has 0 aromatic heterocycles. The van der Waals surface area contributed by atoms with Crippen LogP contribution in [0.1, 0.15) is 41.5 Å². The molecule has 0 fully saturated rings. The Morgan fingerprint density at radius 1 is 0.556 bits per heavy atom. The van der Waals surface area contributed by atoms with Crippen molar-refractivity contribution < 1.29 is 29.7 Å². The first-order chi connectivity index (χ1) is 7.93. The first-order valence-corrected chi connectivity index (χ1v) is 5.61. The molecule has 0 radical (unpaired) electrons. The van der Waals surface area contributed by atoms with Crippen LogP contribution >= 0.6 is 0 Å². The second-order valence-corrected chi connectivity index (χ2v) is 4.48. The third kappa shape index (κ3) is 23.9. The SMILES string of the molecule is CC(C)C(=O)O.CC(C)C(=O)O.CC(C)C(=O)O. The molecule has 18 heavy (non-hydrogen) atoms. The first kappa shape index (κ1) is 21.7. The van der Waals surface area contributed by atoms with E-state index in [0.717, 1.165) is 0 Å². The zero-order chi connectivity index (χ0) is 15.5. The molecule has 0 heterocycles. The smallest absolute Gasteiger partial charge is 0.305 e. The molecule has 0 saturated heterocycles. The quantitative estimate of drug-likeness (QED) is 0.720. The Balaban J connectivity index is -0.000000187. The van der Waals surface area contributed by atoms with Crippen LogP contribution in [0, 0.1) is 17.8 Å². The minimum atomic E-state index is -0.741. The van der Waals surface area contributed by atoms with Gasteiger partial charge in [-0.2, -0.15) is 0 Å². The fourth-order valence-corrected chi connectivity index (χ4v) is 0. The van der Waals surface area contributed by atoms with E-state index < -0.39 is 17.9 Å². The predicted octanol–water partition coefficient (Wildman–Crippen LogP) is 2.18. The van der Waals surface area contributed by atoms with Gasteiger partial charge in [0.05, 0.1) is 17.8 Å². The molecule has 0 unspecified atom stereocenters. The van der Waals surface area contributed by atoms with E-state index >= 15 is 0 Å². The van der Waals surface area contributed by atoms with Gasteiger partial charge < -0.3 is 15.3 Å². The van der Waals surface area contributed by atoms with E-state index in [1.807, 2.05) is 0 Å². The molecular formula is C12H24O6. The molecule has 0 aromatic rings. The summed E-state index contributed by atoms with van der Waals surface area (Å²) in [6, 6.07) is 0. The van der Waals surface area contributed by atoms with Crippen LogP contribution in [0.25, 0.3) is 0 Å². The van der Waals surface area contributed by atoms with Gasteiger partial charge >= 0.3 is 17.9 Å². The molecule has 6 nitrogen and oxygen atoms in total. The molecule has 0 bridgehead atoms. The van der Waals surface area contributed by atoms with Gasteiger partial charge in [0.1, 0.15) is 0 Å². The number of carboxylic acid groups (broad SMARTS) is 3. The van der Waals surface area contributed by atoms with Crippen molar-refractivity contribution in [2.24, 2.45) is 17.8 Å². The molecule has 0 atom stereocenters. The fourth-order valence-electron chi connectivity index (χ4n) is 0. The van der Waals surface area contributed by atoms with Gasteiger partial charge in [0.25, 0.3) is 0 Å². The summed E-state index contributed by atoms with van der Waals surface area (Å²) in [6.45, 7) is 9.85. The summed E-state index contributed by atoms with van der Waals surface area (Å²) in [4.78, 5) is 29.1. The van der Waals surface area contributed by atoms with Crippen molar-refractivity contribution in [1.82, 2.24) is 0 Å². The second-order valence-electron chi connectivity index (χ2n) is 4.48. The Kier molecular flexibility index (Phi) is 14.3. The highest BCUT2D eigenvalue weighted by Crippen LogP contribution is 1.88. The summed E-state index contributed by atoms with van der Waals surface area (Å²) in [6.07, 6.45) is 0. The molecule has 3 N–H and O–H groups in total. The standard InChI is InChI=1S/3C4H8O2/c3*1-3(2)4(5)6/h3*3H,1-2H3,(H,5,6). The predicted molar refractivity (Wildman–Crippen MR) is 67.4 cm³/mol. The van der Waals surface area contributed by atoms with Crippen LogP contribution in [0.2, 0.25) is 0 Å². The number of hydrogen-bond acceptors (Lipinski definition) is 3. The normalized spacial score (nSPS) is 9.17. The third-order valence-corrected chi connectivity index (χ3v) is 1.48. The van der Waals surface area contributed by atoms with Crippen molar-refractivity contribution in [2.75, 3.05) is 0 Å². The Hall–Kier alpha value is -1.59. The summed E-state index contributed by atoms with van der Waals surface area (Å²) >= 11 is 0. The van der Waals surface area contributed by atoms with Gasteiger partial charge in [0.15, 0.2) is 0 Å². The van der Waals surface area contributed by atoms with Crippen molar-refractivity contribution in [1.29, 1.82) is 0 Å². The lowest BCUT2D eigenvalue weighted by Crippen LogP contribution is -2.03. The summed E-state index contributed by atoms with van der Waals surface area (Å²) < 4.78 is 0. The minimum Gasteiger partial charge on any atom is -0.481 e. The van der Waals surface area contributed by atoms with Crippen LogP contribution in [0.15, 0.2) is 0 Å². The van der Waals surface area contributed by atoms with E-state index in [1.54, 1.807) is 41.5 Å². The maximum atomic E-state index is 9.70. The number of aliphatic carboxylic acids is 3. The second kappa shape index (κ2) is 11.9. The zero-order valence-corrected chi connectivity index (χ0v) is 11.8. The maximum absolute atomic E-state index is 9.70. The lowest BCUT2D eigenvalue weighted by atomic mass is 10.2. The molecule has 0 amide bonds. The molecule has 0 aliphatic rings.